The Morgan fingerprint density at radius 3 is 2.81 bits per heavy atom. The number of nitrogens with zero attached hydrogens (tertiary/aromatic N) is 1. The van der Waals surface area contributed by atoms with Crippen molar-refractivity contribution in [3.63, 3.8) is 0 Å². The van der Waals surface area contributed by atoms with Crippen molar-refractivity contribution in [2.24, 2.45) is 0 Å². The van der Waals surface area contributed by atoms with Gasteiger partial charge in [0.25, 0.3) is 0 Å². The van der Waals surface area contributed by atoms with Gasteiger partial charge in [-0.2, -0.15) is 0 Å². The maximum absolute atomic E-state index is 11.4. The van der Waals surface area contributed by atoms with Gasteiger partial charge in [0.2, 0.25) is 5.89 Å². The third-order valence-electron chi connectivity index (χ3n) is 2.31. The van der Waals surface area contributed by atoms with Gasteiger partial charge in [-0.05, 0) is 25.5 Å². The Balaban J connectivity index is 2.53. The summed E-state index contributed by atoms with van der Waals surface area (Å²) in [6, 6.07) is 7.49. The lowest BCUT2D eigenvalue weighted by atomic mass is 10.1. The highest BCUT2D eigenvalue weighted by atomic mass is 16.3. The van der Waals surface area contributed by atoms with Crippen LogP contribution in [0.15, 0.2) is 34.8 Å². The average Bonchev–Trinajstić information content (AvgIpc) is 2.68. The fourth-order valence-corrected chi connectivity index (χ4v) is 1.57. The van der Waals surface area contributed by atoms with Crippen LogP contribution in [0.2, 0.25) is 0 Å². The number of hydrogen-bond acceptors (Lipinski definition) is 3. The van der Waals surface area contributed by atoms with E-state index in [9.17, 15) is 4.79 Å². The zero-order valence-electron chi connectivity index (χ0n) is 9.36. The van der Waals surface area contributed by atoms with Crippen LogP contribution in [-0.2, 0) is 4.79 Å². The molecule has 82 valence electrons. The molecule has 3 heteroatoms. The van der Waals surface area contributed by atoms with Gasteiger partial charge in [-0.25, -0.2) is 4.98 Å². The van der Waals surface area contributed by atoms with Gasteiger partial charge in [0, 0.05) is 0 Å². The minimum atomic E-state index is -0.0200. The second-order valence-corrected chi connectivity index (χ2v) is 3.57. The molecule has 0 radical (unpaired) electrons. The molecule has 0 amide bonds. The van der Waals surface area contributed by atoms with Crippen LogP contribution in [0, 0.1) is 0 Å². The molecule has 1 aromatic heterocycles. The first-order chi connectivity index (χ1) is 7.72. The number of rotatable bonds is 3. The predicted molar refractivity (Wildman–Crippen MR) is 63.0 cm³/mol. The highest BCUT2D eigenvalue weighted by molar-refractivity contribution is 6.18. The maximum atomic E-state index is 11.4. The molecule has 16 heavy (non-hydrogen) atoms. The fraction of sp³-hybridized carbons (Fsp3) is 0.231. The molecule has 2 rings (SSSR count). The largest absolute Gasteiger partial charge is 0.436 e. The quantitative estimate of drug-likeness (QED) is 0.738. The van der Waals surface area contributed by atoms with Crippen molar-refractivity contribution in [1.29, 1.82) is 0 Å². The number of Topliss-reactive ketones (excluding diaryl/α,β-unsaturated/α-hetero) is 1. The molecule has 0 N–H and O–H groups in total. The number of allylic oxidation sites excluding steroid dienone is 2. The number of ketones is 1. The van der Waals surface area contributed by atoms with Crippen LogP contribution < -0.4 is 0 Å². The van der Waals surface area contributed by atoms with Crippen LogP contribution in [0.25, 0.3) is 16.7 Å². The van der Waals surface area contributed by atoms with E-state index in [4.69, 9.17) is 4.42 Å². The SMILES string of the molecule is CCC=C(C(C)=O)c1nc2ccccc2o1. The fourth-order valence-electron chi connectivity index (χ4n) is 1.57. The van der Waals surface area contributed by atoms with E-state index in [2.05, 4.69) is 4.98 Å². The molecule has 0 fully saturated rings. The standard InChI is InChI=1S/C13H13NO2/c1-3-6-10(9(2)15)13-14-11-7-4-5-8-12(11)16-13/h4-8H,3H2,1-2H3. The van der Waals surface area contributed by atoms with E-state index in [1.54, 1.807) is 0 Å². The summed E-state index contributed by atoms with van der Waals surface area (Å²) in [5.41, 5.74) is 2.04. The van der Waals surface area contributed by atoms with Gasteiger partial charge >= 0.3 is 0 Å². The van der Waals surface area contributed by atoms with Crippen LogP contribution in [0.1, 0.15) is 26.2 Å². The summed E-state index contributed by atoms with van der Waals surface area (Å²) in [7, 11) is 0. The second kappa shape index (κ2) is 4.31. The van der Waals surface area contributed by atoms with Crippen molar-refractivity contribution in [2.75, 3.05) is 0 Å². The Labute approximate surface area is 93.8 Å². The van der Waals surface area contributed by atoms with Crippen LogP contribution in [0.4, 0.5) is 0 Å². The van der Waals surface area contributed by atoms with E-state index in [1.165, 1.54) is 6.92 Å². The Kier molecular flexibility index (Phi) is 2.86. The van der Waals surface area contributed by atoms with E-state index >= 15 is 0 Å². The van der Waals surface area contributed by atoms with Crippen molar-refractivity contribution in [2.45, 2.75) is 20.3 Å². The molecule has 0 saturated carbocycles. The highest BCUT2D eigenvalue weighted by Gasteiger charge is 2.13. The predicted octanol–water partition coefficient (Wildman–Crippen LogP) is 3.21. The van der Waals surface area contributed by atoms with Crippen LogP contribution in [0.3, 0.4) is 0 Å². The van der Waals surface area contributed by atoms with E-state index in [-0.39, 0.29) is 5.78 Å². The zero-order chi connectivity index (χ0) is 11.5. The van der Waals surface area contributed by atoms with Crippen molar-refractivity contribution >= 4 is 22.5 Å². The molecule has 0 atom stereocenters. The second-order valence-electron chi connectivity index (χ2n) is 3.57. The third kappa shape index (κ3) is 1.89. The average molecular weight is 215 g/mol. The summed E-state index contributed by atoms with van der Waals surface area (Å²) < 4.78 is 5.54. The van der Waals surface area contributed by atoms with Gasteiger partial charge < -0.3 is 4.42 Å². The van der Waals surface area contributed by atoms with Crippen molar-refractivity contribution in [1.82, 2.24) is 4.98 Å². The Morgan fingerprint density at radius 2 is 2.19 bits per heavy atom. The van der Waals surface area contributed by atoms with Crippen LogP contribution in [0.5, 0.6) is 0 Å². The van der Waals surface area contributed by atoms with E-state index in [1.807, 2.05) is 37.3 Å². The third-order valence-corrected chi connectivity index (χ3v) is 2.31. The Morgan fingerprint density at radius 1 is 1.44 bits per heavy atom. The summed E-state index contributed by atoms with van der Waals surface area (Å²) in [5, 5.41) is 0. The summed E-state index contributed by atoms with van der Waals surface area (Å²) in [5.74, 6) is 0.393. The van der Waals surface area contributed by atoms with Gasteiger partial charge in [0.1, 0.15) is 5.52 Å². The minimum absolute atomic E-state index is 0.0200. The van der Waals surface area contributed by atoms with E-state index < -0.39 is 0 Å². The van der Waals surface area contributed by atoms with Crippen LogP contribution >= 0.6 is 0 Å². The van der Waals surface area contributed by atoms with Gasteiger partial charge in [0.15, 0.2) is 11.4 Å². The van der Waals surface area contributed by atoms with Crippen molar-refractivity contribution < 1.29 is 9.21 Å². The number of benzene rings is 1. The number of fused-ring (bicyclic) bond motifs is 1. The molecule has 0 aliphatic rings. The number of para-hydroxylation sites is 2. The summed E-state index contributed by atoms with van der Waals surface area (Å²) in [6.45, 7) is 3.50. The molecular weight excluding hydrogens is 202 g/mol. The Bertz CT molecular complexity index is 519. The summed E-state index contributed by atoms with van der Waals surface area (Å²) in [4.78, 5) is 15.7. The van der Waals surface area contributed by atoms with Gasteiger partial charge in [-0.3, -0.25) is 4.79 Å². The molecule has 0 aliphatic carbocycles. The maximum Gasteiger partial charge on any atom is 0.230 e. The lowest BCUT2D eigenvalue weighted by Crippen LogP contribution is -1.95. The van der Waals surface area contributed by atoms with E-state index in [0.717, 1.165) is 11.9 Å². The number of aromatic nitrogens is 1. The molecule has 0 saturated heterocycles. The van der Waals surface area contributed by atoms with Crippen molar-refractivity contribution in [3.05, 3.63) is 36.2 Å². The molecule has 2 aromatic rings. The van der Waals surface area contributed by atoms with E-state index in [0.29, 0.717) is 17.0 Å². The molecular formula is C13H13NO2. The minimum Gasteiger partial charge on any atom is -0.436 e. The smallest absolute Gasteiger partial charge is 0.230 e. The van der Waals surface area contributed by atoms with Crippen LogP contribution in [-0.4, -0.2) is 10.8 Å². The number of carbonyl (C=O) groups is 1. The number of hydrogen-bond donors (Lipinski definition) is 0. The number of oxazole rings is 1. The highest BCUT2D eigenvalue weighted by Crippen LogP contribution is 2.21. The Hall–Kier alpha value is -1.90. The lowest BCUT2D eigenvalue weighted by Gasteiger charge is -1.95. The summed E-state index contributed by atoms with van der Waals surface area (Å²) in [6.07, 6.45) is 2.63. The zero-order valence-corrected chi connectivity index (χ0v) is 9.36. The lowest BCUT2D eigenvalue weighted by molar-refractivity contribution is -0.111. The molecule has 1 aromatic carbocycles. The summed E-state index contributed by atoms with van der Waals surface area (Å²) >= 11 is 0. The van der Waals surface area contributed by atoms with Gasteiger partial charge in [0.05, 0.1) is 5.57 Å². The van der Waals surface area contributed by atoms with Crippen molar-refractivity contribution in [3.8, 4) is 0 Å². The molecule has 0 bridgehead atoms. The van der Waals surface area contributed by atoms with Gasteiger partial charge in [-0.1, -0.05) is 25.1 Å². The normalized spacial score (nSPS) is 12.0. The first kappa shape index (κ1) is 10.6. The first-order valence-corrected chi connectivity index (χ1v) is 5.29. The molecule has 1 heterocycles. The monoisotopic (exact) mass is 215 g/mol. The molecule has 3 nitrogen and oxygen atoms in total. The molecule has 0 aliphatic heterocycles. The molecule has 0 spiro atoms. The topological polar surface area (TPSA) is 43.1 Å². The number of carbonyl (C=O) groups excluding carboxylic acids is 1. The first-order valence-electron chi connectivity index (χ1n) is 5.29. The van der Waals surface area contributed by atoms with Gasteiger partial charge in [-0.15, -0.1) is 0 Å². The molecule has 0 unspecified atom stereocenters.